The minimum absolute atomic E-state index is 0.0988. The number of carbonyl (C=O) groups is 2. The fraction of sp³-hybridized carbons (Fsp3) is 0.500. The number of nitrogens with one attached hydrogen (secondary N) is 1. The van der Waals surface area contributed by atoms with Crippen molar-refractivity contribution in [1.29, 1.82) is 0 Å². The summed E-state index contributed by atoms with van der Waals surface area (Å²) in [7, 11) is 0. The molecule has 11 nitrogen and oxygen atoms in total. The average molecular weight is 510 g/mol. The standard InChI is InChI=1S/C26H35N7O4/c1-26(2,3)37-21(34)13-20(31-25(35)36-15-19-7-5-4-6-8-19)33-17-30-22-23(28-16-29-24(22)33)32-11-9-18(14-27)10-12-32/h4-8,16-18,20H,9-15,27H2,1-3H3,(H,31,35). The molecule has 1 saturated heterocycles. The number of ether oxygens (including phenoxy) is 2. The molecule has 1 aliphatic rings. The number of anilines is 1. The fourth-order valence-electron chi connectivity index (χ4n) is 4.34. The number of rotatable bonds is 8. The number of hydrogen-bond acceptors (Lipinski definition) is 9. The van der Waals surface area contributed by atoms with Crippen LogP contribution in [0.1, 0.15) is 51.8 Å². The number of fused-ring (bicyclic) bond motifs is 1. The van der Waals surface area contributed by atoms with Gasteiger partial charge in [-0.1, -0.05) is 30.3 Å². The highest BCUT2D eigenvalue weighted by Crippen LogP contribution is 2.28. The van der Waals surface area contributed by atoms with Crippen molar-refractivity contribution < 1.29 is 19.1 Å². The van der Waals surface area contributed by atoms with Crippen molar-refractivity contribution in [2.75, 3.05) is 24.5 Å². The number of piperidine rings is 1. The highest BCUT2D eigenvalue weighted by Gasteiger charge is 2.27. The van der Waals surface area contributed by atoms with E-state index in [4.69, 9.17) is 15.2 Å². The van der Waals surface area contributed by atoms with E-state index in [0.29, 0.717) is 23.6 Å². The van der Waals surface area contributed by atoms with Crippen molar-refractivity contribution in [3.05, 3.63) is 48.5 Å². The molecule has 0 bridgehead atoms. The molecule has 3 heterocycles. The average Bonchev–Trinajstić information content (AvgIpc) is 3.31. The molecule has 0 spiro atoms. The van der Waals surface area contributed by atoms with Gasteiger partial charge in [0.15, 0.2) is 17.0 Å². The fourth-order valence-corrected chi connectivity index (χ4v) is 4.34. The first-order valence-electron chi connectivity index (χ1n) is 12.5. The van der Waals surface area contributed by atoms with Gasteiger partial charge in [-0.25, -0.2) is 19.7 Å². The third-order valence-corrected chi connectivity index (χ3v) is 6.20. The summed E-state index contributed by atoms with van der Waals surface area (Å²) in [4.78, 5) is 41.1. The van der Waals surface area contributed by atoms with Crippen molar-refractivity contribution in [3.63, 3.8) is 0 Å². The van der Waals surface area contributed by atoms with Crippen LogP contribution in [0, 0.1) is 5.92 Å². The van der Waals surface area contributed by atoms with Gasteiger partial charge in [-0.3, -0.25) is 9.36 Å². The summed E-state index contributed by atoms with van der Waals surface area (Å²) in [6.07, 6.45) is 3.37. The Balaban J connectivity index is 1.56. The van der Waals surface area contributed by atoms with E-state index in [1.165, 1.54) is 6.33 Å². The summed E-state index contributed by atoms with van der Waals surface area (Å²) in [5, 5.41) is 2.78. The van der Waals surface area contributed by atoms with Crippen LogP contribution in [0.2, 0.25) is 0 Å². The van der Waals surface area contributed by atoms with Crippen molar-refractivity contribution >= 4 is 29.0 Å². The molecular formula is C26H35N7O4. The second-order valence-corrected chi connectivity index (χ2v) is 10.2. The molecular weight excluding hydrogens is 474 g/mol. The zero-order chi connectivity index (χ0) is 26.4. The molecule has 1 aromatic carbocycles. The van der Waals surface area contributed by atoms with Crippen LogP contribution in [0.4, 0.5) is 10.6 Å². The van der Waals surface area contributed by atoms with Crippen LogP contribution in [0.15, 0.2) is 43.0 Å². The van der Waals surface area contributed by atoms with Crippen LogP contribution in [-0.2, 0) is 20.9 Å². The van der Waals surface area contributed by atoms with Gasteiger partial charge in [-0.15, -0.1) is 0 Å². The molecule has 37 heavy (non-hydrogen) atoms. The van der Waals surface area contributed by atoms with E-state index in [1.54, 1.807) is 31.7 Å². The first-order chi connectivity index (χ1) is 17.7. The van der Waals surface area contributed by atoms with Crippen LogP contribution in [-0.4, -0.2) is 56.8 Å². The summed E-state index contributed by atoms with van der Waals surface area (Å²) in [6, 6.07) is 9.36. The summed E-state index contributed by atoms with van der Waals surface area (Å²) in [6.45, 7) is 7.81. The molecule has 0 saturated carbocycles. The van der Waals surface area contributed by atoms with Crippen molar-refractivity contribution in [1.82, 2.24) is 24.8 Å². The maximum Gasteiger partial charge on any atom is 0.409 e. The molecule has 1 unspecified atom stereocenters. The second kappa shape index (κ2) is 11.5. The molecule has 1 atom stereocenters. The van der Waals surface area contributed by atoms with Crippen molar-refractivity contribution in [2.45, 2.75) is 58.4 Å². The lowest BCUT2D eigenvalue weighted by molar-refractivity contribution is -0.155. The van der Waals surface area contributed by atoms with Crippen LogP contribution in [0.5, 0.6) is 0 Å². The van der Waals surface area contributed by atoms with Gasteiger partial charge in [0.1, 0.15) is 24.7 Å². The first kappa shape index (κ1) is 26.3. The molecule has 1 amide bonds. The van der Waals surface area contributed by atoms with E-state index >= 15 is 0 Å². The number of nitrogens with zero attached hydrogens (tertiary/aromatic N) is 5. The largest absolute Gasteiger partial charge is 0.460 e. The Morgan fingerprint density at radius 1 is 1.14 bits per heavy atom. The number of imidazole rings is 1. The van der Waals surface area contributed by atoms with E-state index in [-0.39, 0.29) is 13.0 Å². The smallest absolute Gasteiger partial charge is 0.409 e. The third kappa shape index (κ3) is 6.94. The molecule has 0 aliphatic carbocycles. The quantitative estimate of drug-likeness (QED) is 0.439. The lowest BCUT2D eigenvalue weighted by Gasteiger charge is -2.32. The normalized spacial score (nSPS) is 15.4. The zero-order valence-electron chi connectivity index (χ0n) is 21.6. The third-order valence-electron chi connectivity index (χ3n) is 6.20. The molecule has 2 aromatic heterocycles. The summed E-state index contributed by atoms with van der Waals surface area (Å²) in [5.74, 6) is 0.762. The Labute approximate surface area is 216 Å². The number of amides is 1. The first-order valence-corrected chi connectivity index (χ1v) is 12.5. The van der Waals surface area contributed by atoms with Crippen LogP contribution in [0.3, 0.4) is 0 Å². The summed E-state index contributed by atoms with van der Waals surface area (Å²) >= 11 is 0. The summed E-state index contributed by atoms with van der Waals surface area (Å²) in [5.41, 5.74) is 7.13. The predicted molar refractivity (Wildman–Crippen MR) is 139 cm³/mol. The molecule has 1 aliphatic heterocycles. The Bertz CT molecular complexity index is 1200. The van der Waals surface area contributed by atoms with Crippen LogP contribution >= 0.6 is 0 Å². The number of alkyl carbamates (subject to hydrolysis) is 1. The highest BCUT2D eigenvalue weighted by atomic mass is 16.6. The molecule has 0 radical (unpaired) electrons. The number of aromatic nitrogens is 4. The van der Waals surface area contributed by atoms with Gasteiger partial charge in [-0.05, 0) is 51.6 Å². The minimum atomic E-state index is -0.825. The number of nitrogens with two attached hydrogens (primary N) is 1. The molecule has 1 fully saturated rings. The molecule has 198 valence electrons. The van der Waals surface area contributed by atoms with Gasteiger partial charge in [0.05, 0.1) is 12.7 Å². The SMILES string of the molecule is CC(C)(C)OC(=O)CC(NC(=O)OCc1ccccc1)n1cnc2c(N3CCC(CN)CC3)ncnc21. The van der Waals surface area contributed by atoms with Gasteiger partial charge in [-0.2, -0.15) is 0 Å². The van der Waals surface area contributed by atoms with Crippen LogP contribution in [0.25, 0.3) is 11.2 Å². The molecule has 3 N–H and O–H groups in total. The number of carbonyl (C=O) groups excluding carboxylic acids is 2. The zero-order valence-corrected chi connectivity index (χ0v) is 21.6. The van der Waals surface area contributed by atoms with E-state index in [9.17, 15) is 9.59 Å². The maximum absolute atomic E-state index is 12.7. The topological polar surface area (TPSA) is 137 Å². The van der Waals surface area contributed by atoms with Crippen molar-refractivity contribution in [3.8, 4) is 0 Å². The Kier molecular flexibility index (Phi) is 8.22. The van der Waals surface area contributed by atoms with E-state index in [1.807, 2.05) is 30.3 Å². The minimum Gasteiger partial charge on any atom is -0.460 e. The summed E-state index contributed by atoms with van der Waals surface area (Å²) < 4.78 is 12.6. The lowest BCUT2D eigenvalue weighted by atomic mass is 9.97. The van der Waals surface area contributed by atoms with E-state index in [2.05, 4.69) is 25.2 Å². The number of hydrogen-bond donors (Lipinski definition) is 2. The second-order valence-electron chi connectivity index (χ2n) is 10.2. The highest BCUT2D eigenvalue weighted by molar-refractivity contribution is 5.84. The Morgan fingerprint density at radius 3 is 2.54 bits per heavy atom. The Hall–Kier alpha value is -3.73. The number of esters is 1. The van der Waals surface area contributed by atoms with E-state index < -0.39 is 23.8 Å². The Morgan fingerprint density at radius 2 is 1.86 bits per heavy atom. The maximum atomic E-state index is 12.7. The predicted octanol–water partition coefficient (Wildman–Crippen LogP) is 3.16. The molecule has 3 aromatic rings. The van der Waals surface area contributed by atoms with Crippen molar-refractivity contribution in [2.24, 2.45) is 11.7 Å². The van der Waals surface area contributed by atoms with Gasteiger partial charge >= 0.3 is 12.1 Å². The van der Waals surface area contributed by atoms with Gasteiger partial charge in [0.25, 0.3) is 0 Å². The monoisotopic (exact) mass is 509 g/mol. The lowest BCUT2D eigenvalue weighted by Crippen LogP contribution is -2.37. The van der Waals surface area contributed by atoms with Gasteiger partial charge < -0.3 is 25.4 Å². The molecule has 4 rings (SSSR count). The van der Waals surface area contributed by atoms with E-state index in [0.717, 1.165) is 37.3 Å². The van der Waals surface area contributed by atoms with Gasteiger partial charge in [0, 0.05) is 13.1 Å². The molecule has 11 heteroatoms. The number of benzene rings is 1. The van der Waals surface area contributed by atoms with Gasteiger partial charge in [0.2, 0.25) is 0 Å². The van der Waals surface area contributed by atoms with Crippen LogP contribution < -0.4 is 16.0 Å².